The molecule has 0 radical (unpaired) electrons. The van der Waals surface area contributed by atoms with Crippen LogP contribution in [-0.4, -0.2) is 50.7 Å². The van der Waals surface area contributed by atoms with E-state index in [1.165, 1.54) is 0 Å². The minimum absolute atomic E-state index is 0.219. The van der Waals surface area contributed by atoms with Crippen LogP contribution in [0.15, 0.2) is 16.9 Å². The highest BCUT2D eigenvalue weighted by Crippen LogP contribution is 2.38. The van der Waals surface area contributed by atoms with Gasteiger partial charge in [-0.05, 0) is 12.8 Å². The highest BCUT2D eigenvalue weighted by atomic mass is 16.5. The number of hydrogen-bond acceptors (Lipinski definition) is 7. The summed E-state index contributed by atoms with van der Waals surface area (Å²) in [5.74, 6) is 2.35. The van der Waals surface area contributed by atoms with Crippen LogP contribution in [0.3, 0.4) is 0 Å². The van der Waals surface area contributed by atoms with Crippen molar-refractivity contribution in [3.8, 4) is 0 Å². The fraction of sp³-hybridized carbons (Fsp3) is 0.562. The molecule has 1 aliphatic heterocycles. The highest BCUT2D eigenvalue weighted by molar-refractivity contribution is 5.89. The maximum absolute atomic E-state index is 12.5. The monoisotopic (exact) mass is 344 g/mol. The van der Waals surface area contributed by atoms with Gasteiger partial charge in [-0.2, -0.15) is 4.98 Å². The first-order valence-corrected chi connectivity index (χ1v) is 8.55. The van der Waals surface area contributed by atoms with E-state index in [1.807, 2.05) is 6.92 Å². The third-order valence-corrected chi connectivity index (χ3v) is 4.30. The molecule has 2 aliphatic rings. The number of anilines is 1. The lowest BCUT2D eigenvalue weighted by atomic mass is 10.2. The maximum atomic E-state index is 12.5. The number of nitrogens with zero attached hydrogens (tertiary/aromatic N) is 5. The van der Waals surface area contributed by atoms with E-state index >= 15 is 0 Å². The first kappa shape index (κ1) is 15.9. The quantitative estimate of drug-likeness (QED) is 0.903. The van der Waals surface area contributed by atoms with Gasteiger partial charge in [-0.15, -0.1) is 0 Å². The van der Waals surface area contributed by atoms with Gasteiger partial charge >= 0.3 is 6.03 Å². The Balaban J connectivity index is 1.38. The second-order valence-corrected chi connectivity index (χ2v) is 6.24. The summed E-state index contributed by atoms with van der Waals surface area (Å²) in [6.07, 6.45) is 5.81. The van der Waals surface area contributed by atoms with Crippen molar-refractivity contribution in [1.82, 2.24) is 25.0 Å². The van der Waals surface area contributed by atoms with Crippen molar-refractivity contribution in [3.05, 3.63) is 29.9 Å². The molecular weight excluding hydrogens is 324 g/mol. The molecule has 1 atom stereocenters. The average molecular weight is 344 g/mol. The second-order valence-electron chi connectivity index (χ2n) is 6.24. The number of nitrogens with one attached hydrogen (secondary N) is 1. The van der Waals surface area contributed by atoms with E-state index in [2.05, 4.69) is 25.4 Å². The number of urea groups is 1. The first-order chi connectivity index (χ1) is 12.2. The molecule has 4 rings (SSSR count). The number of ether oxygens (including phenoxy) is 1. The summed E-state index contributed by atoms with van der Waals surface area (Å²) in [4.78, 5) is 26.9. The number of rotatable bonds is 4. The standard InChI is InChI=1S/C16H20N6O3/c1-2-13-17-7-11(8-18-13)19-16(23)22-5-6-24-12(9-22)15-20-14(21-25-15)10-3-4-10/h7-8,10,12H,2-6,9H2,1H3,(H,19,23). The molecule has 9 heteroatoms. The largest absolute Gasteiger partial charge is 0.365 e. The molecule has 0 aromatic carbocycles. The summed E-state index contributed by atoms with van der Waals surface area (Å²) in [7, 11) is 0. The Morgan fingerprint density at radius 2 is 2.16 bits per heavy atom. The molecule has 2 fully saturated rings. The van der Waals surface area contributed by atoms with Crippen molar-refractivity contribution in [2.45, 2.75) is 38.2 Å². The van der Waals surface area contributed by atoms with Gasteiger partial charge in [0, 0.05) is 18.9 Å². The van der Waals surface area contributed by atoms with Gasteiger partial charge in [0.15, 0.2) is 11.9 Å². The molecule has 2 amide bonds. The molecule has 1 saturated heterocycles. The molecule has 25 heavy (non-hydrogen) atoms. The van der Waals surface area contributed by atoms with Gasteiger partial charge in [-0.1, -0.05) is 12.1 Å². The lowest BCUT2D eigenvalue weighted by Gasteiger charge is -2.31. The topological polar surface area (TPSA) is 106 Å². The predicted molar refractivity (Wildman–Crippen MR) is 87.0 cm³/mol. The van der Waals surface area contributed by atoms with Crippen LogP contribution in [0.5, 0.6) is 0 Å². The molecular formula is C16H20N6O3. The number of hydrogen-bond donors (Lipinski definition) is 1. The van der Waals surface area contributed by atoms with Crippen LogP contribution in [0.1, 0.15) is 49.3 Å². The fourth-order valence-corrected chi connectivity index (χ4v) is 2.67. The number of aromatic nitrogens is 4. The van der Waals surface area contributed by atoms with Crippen LogP contribution in [-0.2, 0) is 11.2 Å². The molecule has 0 spiro atoms. The number of amides is 2. The van der Waals surface area contributed by atoms with Crippen molar-refractivity contribution in [3.63, 3.8) is 0 Å². The SMILES string of the molecule is CCc1ncc(NC(=O)N2CCOC(c3nc(C4CC4)no3)C2)cn1. The number of carbonyl (C=O) groups is 1. The Labute approximate surface area is 144 Å². The van der Waals surface area contributed by atoms with E-state index in [0.29, 0.717) is 37.2 Å². The van der Waals surface area contributed by atoms with Crippen LogP contribution >= 0.6 is 0 Å². The minimum atomic E-state index is -0.391. The summed E-state index contributed by atoms with van der Waals surface area (Å²) in [6.45, 7) is 3.27. The predicted octanol–water partition coefficient (Wildman–Crippen LogP) is 1.90. The molecule has 0 bridgehead atoms. The van der Waals surface area contributed by atoms with Crippen molar-refractivity contribution >= 4 is 11.7 Å². The third kappa shape index (κ3) is 3.60. The smallest absolute Gasteiger partial charge is 0.322 e. The van der Waals surface area contributed by atoms with Crippen molar-refractivity contribution in [1.29, 1.82) is 0 Å². The Hall–Kier alpha value is -2.55. The van der Waals surface area contributed by atoms with Crippen molar-refractivity contribution < 1.29 is 14.1 Å². The summed E-state index contributed by atoms with van der Waals surface area (Å²) in [6, 6.07) is -0.219. The Bertz CT molecular complexity index is 743. The average Bonchev–Trinajstić information content (AvgIpc) is 3.39. The van der Waals surface area contributed by atoms with Crippen LogP contribution < -0.4 is 5.32 Å². The zero-order valence-corrected chi connectivity index (χ0v) is 14.0. The normalized spacial score (nSPS) is 20.5. The van der Waals surface area contributed by atoms with Gasteiger partial charge in [0.25, 0.3) is 5.89 Å². The van der Waals surface area contributed by atoms with Gasteiger partial charge < -0.3 is 19.5 Å². The van der Waals surface area contributed by atoms with Gasteiger partial charge in [0.05, 0.1) is 31.2 Å². The van der Waals surface area contributed by atoms with Crippen LogP contribution in [0.25, 0.3) is 0 Å². The molecule has 3 heterocycles. The summed E-state index contributed by atoms with van der Waals surface area (Å²) >= 11 is 0. The zero-order chi connectivity index (χ0) is 17.2. The van der Waals surface area contributed by atoms with E-state index in [0.717, 1.165) is 30.9 Å². The molecule has 132 valence electrons. The van der Waals surface area contributed by atoms with Crippen LogP contribution in [0.2, 0.25) is 0 Å². The summed E-state index contributed by atoms with van der Waals surface area (Å²) < 4.78 is 11.0. The molecule has 1 saturated carbocycles. The first-order valence-electron chi connectivity index (χ1n) is 8.55. The molecule has 1 unspecified atom stereocenters. The molecule has 9 nitrogen and oxygen atoms in total. The van der Waals surface area contributed by atoms with Crippen molar-refractivity contribution in [2.24, 2.45) is 0 Å². The van der Waals surface area contributed by atoms with E-state index in [1.54, 1.807) is 17.3 Å². The number of carbonyl (C=O) groups excluding carboxylic acids is 1. The Kier molecular flexibility index (Phi) is 4.31. The summed E-state index contributed by atoms with van der Waals surface area (Å²) in [5.41, 5.74) is 0.569. The van der Waals surface area contributed by atoms with E-state index in [-0.39, 0.29) is 6.03 Å². The van der Waals surface area contributed by atoms with E-state index in [4.69, 9.17) is 9.26 Å². The van der Waals surface area contributed by atoms with Crippen LogP contribution in [0.4, 0.5) is 10.5 Å². The molecule has 1 N–H and O–H groups in total. The Morgan fingerprint density at radius 3 is 2.88 bits per heavy atom. The zero-order valence-electron chi connectivity index (χ0n) is 14.0. The molecule has 2 aromatic rings. The lowest BCUT2D eigenvalue weighted by molar-refractivity contribution is -0.0295. The molecule has 2 aromatic heterocycles. The van der Waals surface area contributed by atoms with Gasteiger partial charge in [-0.3, -0.25) is 0 Å². The fourth-order valence-electron chi connectivity index (χ4n) is 2.67. The van der Waals surface area contributed by atoms with Crippen LogP contribution in [0, 0.1) is 0 Å². The summed E-state index contributed by atoms with van der Waals surface area (Å²) in [5, 5.41) is 6.81. The lowest BCUT2D eigenvalue weighted by Crippen LogP contribution is -2.44. The highest BCUT2D eigenvalue weighted by Gasteiger charge is 2.33. The molecule has 1 aliphatic carbocycles. The Morgan fingerprint density at radius 1 is 1.36 bits per heavy atom. The number of morpholine rings is 1. The second kappa shape index (κ2) is 6.75. The number of aryl methyl sites for hydroxylation is 1. The third-order valence-electron chi connectivity index (χ3n) is 4.30. The minimum Gasteiger partial charge on any atom is -0.365 e. The van der Waals surface area contributed by atoms with Gasteiger partial charge in [-0.25, -0.2) is 14.8 Å². The van der Waals surface area contributed by atoms with E-state index in [9.17, 15) is 4.79 Å². The van der Waals surface area contributed by atoms with E-state index < -0.39 is 6.10 Å². The van der Waals surface area contributed by atoms with Gasteiger partial charge in [0.1, 0.15) is 5.82 Å². The maximum Gasteiger partial charge on any atom is 0.322 e. The van der Waals surface area contributed by atoms with Gasteiger partial charge in [0.2, 0.25) is 0 Å². The van der Waals surface area contributed by atoms with Crippen molar-refractivity contribution in [2.75, 3.05) is 25.0 Å².